The maximum absolute atomic E-state index is 5.83. The average molecular weight is 329 g/mol. The average Bonchev–Trinajstić information content (AvgIpc) is 3.32. The molecule has 5 heteroatoms. The van der Waals surface area contributed by atoms with Crippen LogP contribution in [0.15, 0.2) is 39.7 Å². The van der Waals surface area contributed by atoms with E-state index in [0.29, 0.717) is 6.54 Å². The van der Waals surface area contributed by atoms with Crippen molar-refractivity contribution in [3.63, 3.8) is 0 Å². The highest BCUT2D eigenvalue weighted by Gasteiger charge is 2.21. The van der Waals surface area contributed by atoms with Crippen molar-refractivity contribution in [3.05, 3.63) is 36.1 Å². The summed E-state index contributed by atoms with van der Waals surface area (Å²) in [5, 5.41) is 4.45. The maximum Gasteiger partial charge on any atom is 0.194 e. The Kier molecular flexibility index (Phi) is 5.75. The van der Waals surface area contributed by atoms with E-state index in [9.17, 15) is 0 Å². The van der Waals surface area contributed by atoms with Crippen LogP contribution in [0.25, 0.3) is 11.0 Å². The molecule has 24 heavy (non-hydrogen) atoms. The van der Waals surface area contributed by atoms with Crippen molar-refractivity contribution >= 4 is 16.9 Å². The summed E-state index contributed by atoms with van der Waals surface area (Å²) in [4.78, 5) is 6.80. The third kappa shape index (κ3) is 4.74. The van der Waals surface area contributed by atoms with E-state index >= 15 is 0 Å². The Morgan fingerprint density at radius 1 is 1.38 bits per heavy atom. The standard InChI is InChI=1S/C19H27N3O2/c1-3-20-19(22(2)10-11-23-14-15-8-9-15)21-13-17-12-16-6-4-5-7-18(16)24-17/h4-7,12,15H,3,8-11,13-14H2,1-2H3,(H,20,21). The lowest BCUT2D eigenvalue weighted by Gasteiger charge is -2.21. The van der Waals surface area contributed by atoms with Gasteiger partial charge in [-0.2, -0.15) is 0 Å². The SMILES string of the molecule is CCNC(=NCc1cc2ccccc2o1)N(C)CCOCC1CC1. The second-order valence-electron chi connectivity index (χ2n) is 6.36. The van der Waals surface area contributed by atoms with Crippen molar-refractivity contribution < 1.29 is 9.15 Å². The highest BCUT2D eigenvalue weighted by molar-refractivity contribution is 5.80. The minimum absolute atomic E-state index is 0.532. The molecule has 0 atom stereocenters. The molecular weight excluding hydrogens is 302 g/mol. The zero-order valence-corrected chi connectivity index (χ0v) is 14.6. The maximum atomic E-state index is 5.83. The van der Waals surface area contributed by atoms with Gasteiger partial charge in [-0.15, -0.1) is 0 Å². The van der Waals surface area contributed by atoms with Gasteiger partial charge in [-0.25, -0.2) is 4.99 Å². The quantitative estimate of drug-likeness (QED) is 0.459. The number of nitrogens with one attached hydrogen (secondary N) is 1. The molecule has 0 radical (unpaired) electrons. The Hall–Kier alpha value is -2.01. The molecule has 0 spiro atoms. The third-order valence-corrected chi connectivity index (χ3v) is 4.18. The van der Waals surface area contributed by atoms with E-state index in [1.807, 2.05) is 25.2 Å². The Morgan fingerprint density at radius 3 is 2.96 bits per heavy atom. The molecule has 0 bridgehead atoms. The molecule has 0 aliphatic heterocycles. The van der Waals surface area contributed by atoms with E-state index in [0.717, 1.165) is 54.9 Å². The predicted octanol–water partition coefficient (Wildman–Crippen LogP) is 3.26. The predicted molar refractivity (Wildman–Crippen MR) is 97.2 cm³/mol. The number of ether oxygens (including phenoxy) is 1. The first-order chi connectivity index (χ1) is 11.8. The first kappa shape index (κ1) is 16.8. The van der Waals surface area contributed by atoms with Crippen LogP contribution >= 0.6 is 0 Å². The molecular formula is C19H27N3O2. The van der Waals surface area contributed by atoms with Crippen LogP contribution in [0.4, 0.5) is 0 Å². The normalized spacial score (nSPS) is 15.0. The number of rotatable bonds is 8. The van der Waals surface area contributed by atoms with E-state index in [1.54, 1.807) is 0 Å². The molecule has 1 aliphatic carbocycles. The molecule has 1 heterocycles. The van der Waals surface area contributed by atoms with Gasteiger partial charge in [0, 0.05) is 32.1 Å². The summed E-state index contributed by atoms with van der Waals surface area (Å²) in [6, 6.07) is 10.1. The van der Waals surface area contributed by atoms with Gasteiger partial charge < -0.3 is 19.4 Å². The van der Waals surface area contributed by atoms with Gasteiger partial charge in [0.05, 0.1) is 6.61 Å². The molecule has 1 N–H and O–H groups in total. The number of para-hydroxylation sites is 1. The van der Waals surface area contributed by atoms with Crippen molar-refractivity contribution in [2.24, 2.45) is 10.9 Å². The number of likely N-dealkylation sites (N-methyl/N-ethyl adjacent to an activating group) is 1. The summed E-state index contributed by atoms with van der Waals surface area (Å²) in [5.41, 5.74) is 0.912. The molecule has 0 saturated heterocycles. The molecule has 5 nitrogen and oxygen atoms in total. The van der Waals surface area contributed by atoms with Gasteiger partial charge in [0.25, 0.3) is 0 Å². The van der Waals surface area contributed by atoms with Gasteiger partial charge in [0.2, 0.25) is 0 Å². The van der Waals surface area contributed by atoms with Crippen LogP contribution in [-0.2, 0) is 11.3 Å². The van der Waals surface area contributed by atoms with E-state index in [4.69, 9.17) is 9.15 Å². The van der Waals surface area contributed by atoms with Gasteiger partial charge >= 0.3 is 0 Å². The summed E-state index contributed by atoms with van der Waals surface area (Å²) >= 11 is 0. The van der Waals surface area contributed by atoms with E-state index in [1.165, 1.54) is 12.8 Å². The highest BCUT2D eigenvalue weighted by atomic mass is 16.5. The van der Waals surface area contributed by atoms with Crippen molar-refractivity contribution in [3.8, 4) is 0 Å². The van der Waals surface area contributed by atoms with Crippen LogP contribution in [0.3, 0.4) is 0 Å². The van der Waals surface area contributed by atoms with Gasteiger partial charge in [0.15, 0.2) is 5.96 Å². The van der Waals surface area contributed by atoms with Crippen LogP contribution in [-0.4, -0.2) is 44.2 Å². The molecule has 1 fully saturated rings. The van der Waals surface area contributed by atoms with E-state index in [2.05, 4.69) is 34.3 Å². The fourth-order valence-corrected chi connectivity index (χ4v) is 2.58. The molecule has 1 aromatic carbocycles. The van der Waals surface area contributed by atoms with Crippen molar-refractivity contribution in [1.29, 1.82) is 0 Å². The van der Waals surface area contributed by atoms with Crippen molar-refractivity contribution in [2.45, 2.75) is 26.3 Å². The summed E-state index contributed by atoms with van der Waals surface area (Å²) in [7, 11) is 2.04. The largest absolute Gasteiger partial charge is 0.459 e. The smallest absolute Gasteiger partial charge is 0.194 e. The Labute approximate surface area is 143 Å². The summed E-state index contributed by atoms with van der Waals surface area (Å²) in [6.45, 7) is 5.92. The number of fused-ring (bicyclic) bond motifs is 1. The fraction of sp³-hybridized carbons (Fsp3) is 0.526. The molecule has 0 unspecified atom stereocenters. The van der Waals surface area contributed by atoms with Gasteiger partial charge in [-0.1, -0.05) is 18.2 Å². The molecule has 130 valence electrons. The zero-order valence-electron chi connectivity index (χ0n) is 14.6. The Balaban J connectivity index is 1.54. The van der Waals surface area contributed by atoms with Crippen molar-refractivity contribution in [2.75, 3.05) is 33.4 Å². The third-order valence-electron chi connectivity index (χ3n) is 4.18. The molecule has 1 aliphatic rings. The Bertz CT molecular complexity index is 643. The minimum Gasteiger partial charge on any atom is -0.459 e. The fourth-order valence-electron chi connectivity index (χ4n) is 2.58. The van der Waals surface area contributed by atoms with Gasteiger partial charge in [0.1, 0.15) is 17.9 Å². The van der Waals surface area contributed by atoms with Crippen LogP contribution < -0.4 is 5.32 Å². The summed E-state index contributed by atoms with van der Waals surface area (Å²) in [6.07, 6.45) is 2.66. The van der Waals surface area contributed by atoms with Crippen LogP contribution in [0.2, 0.25) is 0 Å². The topological polar surface area (TPSA) is 50.0 Å². The molecule has 2 aromatic rings. The number of guanidine groups is 1. The van der Waals surface area contributed by atoms with Gasteiger partial charge in [-0.05, 0) is 37.8 Å². The lowest BCUT2D eigenvalue weighted by atomic mass is 10.2. The van der Waals surface area contributed by atoms with Crippen LogP contribution in [0.5, 0.6) is 0 Å². The molecule has 1 aromatic heterocycles. The van der Waals surface area contributed by atoms with Crippen molar-refractivity contribution in [1.82, 2.24) is 10.2 Å². The second-order valence-corrected chi connectivity index (χ2v) is 6.36. The zero-order chi connectivity index (χ0) is 16.8. The first-order valence-electron chi connectivity index (χ1n) is 8.81. The summed E-state index contributed by atoms with van der Waals surface area (Å²) < 4.78 is 11.5. The second kappa shape index (κ2) is 8.20. The Morgan fingerprint density at radius 2 is 2.21 bits per heavy atom. The van der Waals surface area contributed by atoms with Crippen LogP contribution in [0, 0.1) is 5.92 Å². The number of hydrogen-bond acceptors (Lipinski definition) is 3. The molecule has 3 rings (SSSR count). The number of hydrogen-bond donors (Lipinski definition) is 1. The minimum atomic E-state index is 0.532. The molecule has 1 saturated carbocycles. The van der Waals surface area contributed by atoms with Crippen LogP contribution in [0.1, 0.15) is 25.5 Å². The molecule has 0 amide bonds. The number of furan rings is 1. The summed E-state index contributed by atoms with van der Waals surface area (Å²) in [5.74, 6) is 2.57. The van der Waals surface area contributed by atoms with Gasteiger partial charge in [-0.3, -0.25) is 0 Å². The first-order valence-corrected chi connectivity index (χ1v) is 8.81. The number of nitrogens with zero attached hydrogens (tertiary/aromatic N) is 2. The van der Waals surface area contributed by atoms with E-state index in [-0.39, 0.29) is 0 Å². The highest BCUT2D eigenvalue weighted by Crippen LogP contribution is 2.28. The number of benzene rings is 1. The lowest BCUT2D eigenvalue weighted by molar-refractivity contribution is 0.115. The number of aliphatic imine (C=N–C) groups is 1. The lowest BCUT2D eigenvalue weighted by Crippen LogP contribution is -2.40. The monoisotopic (exact) mass is 329 g/mol. The van der Waals surface area contributed by atoms with E-state index < -0.39 is 0 Å².